The van der Waals surface area contributed by atoms with Gasteiger partial charge >= 0.3 is 12.3 Å². The number of fused-ring (bicyclic) bond motifs is 1. The van der Waals surface area contributed by atoms with Gasteiger partial charge in [0, 0.05) is 16.0 Å². The van der Waals surface area contributed by atoms with Crippen molar-refractivity contribution in [2.45, 2.75) is 26.1 Å². The van der Waals surface area contributed by atoms with Crippen LogP contribution in [0, 0.1) is 5.41 Å². The van der Waals surface area contributed by atoms with Crippen molar-refractivity contribution in [3.8, 4) is 16.9 Å². The summed E-state index contributed by atoms with van der Waals surface area (Å²) in [5.41, 5.74) is 0.113. The van der Waals surface area contributed by atoms with Crippen molar-refractivity contribution in [2.24, 2.45) is 5.41 Å². The van der Waals surface area contributed by atoms with Gasteiger partial charge in [-0.1, -0.05) is 37.6 Å². The van der Waals surface area contributed by atoms with Crippen LogP contribution in [0.5, 0.6) is 5.75 Å². The number of carbonyl (C=O) groups is 1. The second-order valence-electron chi connectivity index (χ2n) is 7.14. The molecule has 1 aliphatic heterocycles. The molecule has 0 radical (unpaired) electrons. The maximum absolute atomic E-state index is 13.0. The molecule has 0 saturated heterocycles. The fourth-order valence-electron chi connectivity index (χ4n) is 3.16. The summed E-state index contributed by atoms with van der Waals surface area (Å²) in [6.45, 7) is 4.01. The van der Waals surface area contributed by atoms with Crippen molar-refractivity contribution in [1.29, 1.82) is 0 Å². The highest BCUT2D eigenvalue weighted by molar-refractivity contribution is 6.31. The van der Waals surface area contributed by atoms with Crippen LogP contribution < -0.4 is 10.1 Å². The van der Waals surface area contributed by atoms with Crippen molar-refractivity contribution < 1.29 is 27.8 Å². The predicted molar refractivity (Wildman–Crippen MR) is 95.1 cm³/mol. The smallest absolute Gasteiger partial charge is 0.416 e. The van der Waals surface area contributed by atoms with Crippen LogP contribution in [-0.2, 0) is 6.18 Å². The second kappa shape index (κ2) is 6.64. The Morgan fingerprint density at radius 3 is 2.56 bits per heavy atom. The molecule has 1 heterocycles. The minimum atomic E-state index is -4.51. The molecule has 4 nitrogen and oxygen atoms in total. The highest BCUT2D eigenvalue weighted by Gasteiger charge is 2.39. The maximum Gasteiger partial charge on any atom is 0.416 e. The molecule has 1 aliphatic rings. The average molecular weight is 400 g/mol. The van der Waals surface area contributed by atoms with Crippen LogP contribution in [0.3, 0.4) is 0 Å². The summed E-state index contributed by atoms with van der Waals surface area (Å²) in [7, 11) is 0. The summed E-state index contributed by atoms with van der Waals surface area (Å²) >= 11 is 5.86. The zero-order valence-electron chi connectivity index (χ0n) is 14.5. The molecule has 0 aromatic heterocycles. The van der Waals surface area contributed by atoms with Crippen LogP contribution in [0.2, 0.25) is 5.02 Å². The van der Waals surface area contributed by atoms with E-state index in [2.05, 4.69) is 5.32 Å². The van der Waals surface area contributed by atoms with E-state index in [0.29, 0.717) is 22.4 Å². The lowest BCUT2D eigenvalue weighted by Crippen LogP contribution is -2.43. The number of hydrogen-bond acceptors (Lipinski definition) is 2. The molecule has 2 aromatic rings. The molecule has 1 amide bonds. The number of rotatable bonds is 2. The van der Waals surface area contributed by atoms with Gasteiger partial charge in [0.25, 0.3) is 0 Å². The number of halogens is 4. The van der Waals surface area contributed by atoms with E-state index >= 15 is 0 Å². The standard InChI is InChI=1S/C19H17ClF3NO3/c1-18(2)9-27-15-7-10(3-4-14(15)16(18)24-17(25)26)11-5-12(19(21,22)23)8-13(20)6-11/h3-8,16,24H,9H2,1-2H3,(H,25,26). The molecule has 27 heavy (non-hydrogen) atoms. The molecule has 0 saturated carbocycles. The van der Waals surface area contributed by atoms with Gasteiger partial charge in [-0.15, -0.1) is 0 Å². The molecule has 3 rings (SSSR count). The van der Waals surface area contributed by atoms with Gasteiger partial charge in [0.1, 0.15) is 5.75 Å². The predicted octanol–water partition coefficient (Wildman–Crippen LogP) is 5.75. The number of alkyl halides is 3. The molecule has 1 atom stereocenters. The molecule has 8 heteroatoms. The number of hydrogen-bond donors (Lipinski definition) is 2. The number of nitrogens with one attached hydrogen (secondary N) is 1. The van der Waals surface area contributed by atoms with E-state index in [0.717, 1.165) is 12.1 Å². The van der Waals surface area contributed by atoms with Crippen LogP contribution in [0.25, 0.3) is 11.1 Å². The van der Waals surface area contributed by atoms with Gasteiger partial charge in [0.05, 0.1) is 18.2 Å². The highest BCUT2D eigenvalue weighted by Crippen LogP contribution is 2.44. The summed E-state index contributed by atoms with van der Waals surface area (Å²) < 4.78 is 44.9. The number of ether oxygens (including phenoxy) is 1. The van der Waals surface area contributed by atoms with Crippen molar-refractivity contribution in [2.75, 3.05) is 6.61 Å². The summed E-state index contributed by atoms with van der Waals surface area (Å²) in [5, 5.41) is 11.6. The number of carboxylic acid groups (broad SMARTS) is 1. The molecule has 0 bridgehead atoms. The number of benzene rings is 2. The normalized spacial score (nSPS) is 18.4. The van der Waals surface area contributed by atoms with Crippen molar-refractivity contribution in [3.63, 3.8) is 0 Å². The van der Waals surface area contributed by atoms with Crippen LogP contribution in [0.1, 0.15) is 31.0 Å². The van der Waals surface area contributed by atoms with Gasteiger partial charge in [-0.05, 0) is 35.4 Å². The van der Waals surface area contributed by atoms with Crippen molar-refractivity contribution in [1.82, 2.24) is 5.32 Å². The van der Waals surface area contributed by atoms with Crippen LogP contribution in [-0.4, -0.2) is 17.8 Å². The quantitative estimate of drug-likeness (QED) is 0.675. The van der Waals surface area contributed by atoms with Gasteiger partial charge in [-0.25, -0.2) is 4.79 Å². The topological polar surface area (TPSA) is 58.6 Å². The van der Waals surface area contributed by atoms with Crippen LogP contribution in [0.15, 0.2) is 36.4 Å². The zero-order chi connectivity index (χ0) is 20.0. The van der Waals surface area contributed by atoms with E-state index in [-0.39, 0.29) is 11.6 Å². The van der Waals surface area contributed by atoms with E-state index in [1.54, 1.807) is 18.2 Å². The fourth-order valence-corrected chi connectivity index (χ4v) is 3.40. The third kappa shape index (κ3) is 3.98. The molecular weight excluding hydrogens is 383 g/mol. The Labute approximate surface area is 158 Å². The Balaban J connectivity index is 2.05. The molecule has 0 aliphatic carbocycles. The summed E-state index contributed by atoms with van der Waals surface area (Å²) in [5.74, 6) is 0.430. The highest BCUT2D eigenvalue weighted by atomic mass is 35.5. The van der Waals surface area contributed by atoms with Gasteiger partial charge < -0.3 is 15.2 Å². The van der Waals surface area contributed by atoms with E-state index in [1.165, 1.54) is 6.07 Å². The Hall–Kier alpha value is -2.41. The van der Waals surface area contributed by atoms with Crippen LogP contribution in [0.4, 0.5) is 18.0 Å². The van der Waals surface area contributed by atoms with E-state index < -0.39 is 29.3 Å². The molecule has 0 fully saturated rings. The minimum absolute atomic E-state index is 0.0231. The Morgan fingerprint density at radius 1 is 1.22 bits per heavy atom. The third-order valence-corrected chi connectivity index (χ3v) is 4.75. The summed E-state index contributed by atoms with van der Waals surface area (Å²) in [4.78, 5) is 11.1. The summed E-state index contributed by atoms with van der Waals surface area (Å²) in [6, 6.07) is 7.73. The largest absolute Gasteiger partial charge is 0.493 e. The first-order valence-corrected chi connectivity index (χ1v) is 8.49. The Bertz CT molecular complexity index is 896. The van der Waals surface area contributed by atoms with E-state index in [9.17, 15) is 18.0 Å². The van der Waals surface area contributed by atoms with Gasteiger partial charge in [0.2, 0.25) is 0 Å². The third-order valence-electron chi connectivity index (χ3n) is 4.53. The molecule has 0 spiro atoms. The maximum atomic E-state index is 13.0. The molecule has 144 valence electrons. The van der Waals surface area contributed by atoms with Gasteiger partial charge in [-0.2, -0.15) is 13.2 Å². The fraction of sp³-hybridized carbons (Fsp3) is 0.316. The lowest BCUT2D eigenvalue weighted by atomic mass is 9.78. The lowest BCUT2D eigenvalue weighted by Gasteiger charge is -2.39. The molecule has 2 aromatic carbocycles. The average Bonchev–Trinajstić information content (AvgIpc) is 2.55. The van der Waals surface area contributed by atoms with E-state index in [1.807, 2.05) is 13.8 Å². The summed E-state index contributed by atoms with van der Waals surface area (Å²) in [6.07, 6.45) is -5.67. The SMILES string of the molecule is CC1(C)COc2cc(-c3cc(Cl)cc(C(F)(F)F)c3)ccc2C1NC(=O)O. The monoisotopic (exact) mass is 399 g/mol. The lowest BCUT2D eigenvalue weighted by molar-refractivity contribution is -0.137. The zero-order valence-corrected chi connectivity index (χ0v) is 15.3. The van der Waals surface area contributed by atoms with Gasteiger partial charge in [-0.3, -0.25) is 0 Å². The van der Waals surface area contributed by atoms with Crippen LogP contribution >= 0.6 is 11.6 Å². The minimum Gasteiger partial charge on any atom is -0.493 e. The second-order valence-corrected chi connectivity index (χ2v) is 7.58. The van der Waals surface area contributed by atoms with Crippen molar-refractivity contribution in [3.05, 3.63) is 52.5 Å². The Kier molecular flexibility index (Phi) is 4.76. The molecular formula is C19H17ClF3NO3. The van der Waals surface area contributed by atoms with E-state index in [4.69, 9.17) is 21.4 Å². The van der Waals surface area contributed by atoms with Gasteiger partial charge in [0.15, 0.2) is 0 Å². The first-order chi connectivity index (χ1) is 12.5. The first-order valence-electron chi connectivity index (χ1n) is 8.12. The van der Waals surface area contributed by atoms with Crippen molar-refractivity contribution >= 4 is 17.7 Å². The molecule has 1 unspecified atom stereocenters. The molecule has 2 N–H and O–H groups in total. The Morgan fingerprint density at radius 2 is 1.93 bits per heavy atom. The first kappa shape index (κ1) is 19.4. The number of amides is 1.